The van der Waals surface area contributed by atoms with Crippen LogP contribution in [0.25, 0.3) is 0 Å². The van der Waals surface area contributed by atoms with Gasteiger partial charge in [-0.1, -0.05) is 24.3 Å². The molecule has 1 heterocycles. The van der Waals surface area contributed by atoms with E-state index in [1.54, 1.807) is 31.2 Å². The first-order valence-corrected chi connectivity index (χ1v) is 11.6. The molecule has 3 rings (SSSR count). The summed E-state index contributed by atoms with van der Waals surface area (Å²) in [5.74, 6) is -0.112. The van der Waals surface area contributed by atoms with Crippen molar-refractivity contribution >= 4 is 25.7 Å². The Balaban J connectivity index is 1.72. The van der Waals surface area contributed by atoms with E-state index in [9.17, 15) is 16.8 Å². The molecular formula is C18H22N2O5S2. The van der Waals surface area contributed by atoms with Crippen molar-refractivity contribution in [3.63, 3.8) is 0 Å². The molecule has 27 heavy (non-hydrogen) atoms. The molecule has 0 unspecified atom stereocenters. The van der Waals surface area contributed by atoms with E-state index in [4.69, 9.17) is 4.74 Å². The Morgan fingerprint density at radius 2 is 1.85 bits per heavy atom. The average Bonchev–Trinajstić information content (AvgIpc) is 3.06. The van der Waals surface area contributed by atoms with E-state index in [-0.39, 0.29) is 22.9 Å². The molecule has 2 aromatic rings. The van der Waals surface area contributed by atoms with Crippen LogP contribution in [0.5, 0.6) is 5.75 Å². The zero-order valence-corrected chi connectivity index (χ0v) is 16.8. The number of hydrogen-bond donors (Lipinski definition) is 1. The summed E-state index contributed by atoms with van der Waals surface area (Å²) >= 11 is 0. The smallest absolute Gasteiger partial charge is 0.244 e. The quantitative estimate of drug-likeness (QED) is 0.750. The topological polar surface area (TPSA) is 92.8 Å². The lowest BCUT2D eigenvalue weighted by Gasteiger charge is -2.19. The predicted octanol–water partition coefficient (Wildman–Crippen LogP) is 1.67. The van der Waals surface area contributed by atoms with E-state index < -0.39 is 20.0 Å². The van der Waals surface area contributed by atoms with Crippen LogP contribution >= 0.6 is 0 Å². The second kappa shape index (κ2) is 7.49. The first-order chi connectivity index (χ1) is 12.7. The summed E-state index contributed by atoms with van der Waals surface area (Å²) in [7, 11) is -6.13. The van der Waals surface area contributed by atoms with Crippen LogP contribution in [0, 0.1) is 6.92 Å². The van der Waals surface area contributed by atoms with E-state index in [0.29, 0.717) is 18.7 Å². The lowest BCUT2D eigenvalue weighted by molar-refractivity contribution is 0.402. The van der Waals surface area contributed by atoms with Gasteiger partial charge in [0.15, 0.2) is 0 Å². The largest absolute Gasteiger partial charge is 0.495 e. The molecule has 1 aliphatic rings. The van der Waals surface area contributed by atoms with Crippen LogP contribution < -0.4 is 13.8 Å². The molecule has 0 saturated carbocycles. The Bertz CT molecular complexity index is 1050. The van der Waals surface area contributed by atoms with Crippen molar-refractivity contribution in [2.24, 2.45) is 0 Å². The molecule has 1 aliphatic heterocycles. The second-order valence-corrected chi connectivity index (χ2v) is 10.1. The molecule has 1 N–H and O–H groups in total. The van der Waals surface area contributed by atoms with Crippen LogP contribution in [0.4, 0.5) is 5.69 Å². The first-order valence-electron chi connectivity index (χ1n) is 8.47. The fourth-order valence-corrected chi connectivity index (χ4v) is 5.92. The van der Waals surface area contributed by atoms with Crippen molar-refractivity contribution in [3.8, 4) is 5.75 Å². The van der Waals surface area contributed by atoms with Gasteiger partial charge in [0.2, 0.25) is 20.0 Å². The lowest BCUT2D eigenvalue weighted by atomic mass is 10.2. The summed E-state index contributed by atoms with van der Waals surface area (Å²) in [4.78, 5) is -0.00563. The van der Waals surface area contributed by atoms with Gasteiger partial charge >= 0.3 is 0 Å². The number of anilines is 1. The molecule has 146 valence electrons. The summed E-state index contributed by atoms with van der Waals surface area (Å²) in [6.45, 7) is 1.92. The molecule has 0 aliphatic carbocycles. The molecule has 0 bridgehead atoms. The molecule has 0 saturated heterocycles. The fraction of sp³-hybridized carbons (Fsp3) is 0.333. The third-order valence-electron chi connectivity index (χ3n) is 4.44. The van der Waals surface area contributed by atoms with E-state index in [0.717, 1.165) is 11.1 Å². The minimum Gasteiger partial charge on any atom is -0.495 e. The number of methoxy groups -OCH3 is 1. The number of nitrogens with zero attached hydrogens (tertiary/aromatic N) is 1. The SMILES string of the molecule is COc1ccc(C)cc1S(=O)(=O)NCCS(=O)(=O)N1CCc2ccccc21. The Hall–Kier alpha value is -2.10. The van der Waals surface area contributed by atoms with Crippen molar-refractivity contribution in [1.82, 2.24) is 4.72 Å². The van der Waals surface area contributed by atoms with Crippen molar-refractivity contribution < 1.29 is 21.6 Å². The standard InChI is InChI=1S/C18H22N2O5S2/c1-14-7-8-17(25-2)18(13-14)27(23,24)19-10-12-26(21,22)20-11-9-15-5-3-4-6-16(15)20/h3-8,13,19H,9-12H2,1-2H3. The van der Waals surface area contributed by atoms with E-state index in [2.05, 4.69) is 4.72 Å². The number of para-hydroxylation sites is 1. The zero-order chi connectivity index (χ0) is 19.7. The highest BCUT2D eigenvalue weighted by Crippen LogP contribution is 2.30. The van der Waals surface area contributed by atoms with Crippen LogP contribution in [-0.4, -0.2) is 42.8 Å². The van der Waals surface area contributed by atoms with E-state index in [1.165, 1.54) is 17.5 Å². The fourth-order valence-electron chi connectivity index (χ4n) is 3.08. The molecule has 0 fully saturated rings. The number of fused-ring (bicyclic) bond motifs is 1. The van der Waals surface area contributed by atoms with Gasteiger partial charge in [0, 0.05) is 13.1 Å². The van der Waals surface area contributed by atoms with Crippen LogP contribution in [0.3, 0.4) is 0 Å². The molecule has 0 radical (unpaired) electrons. The highest BCUT2D eigenvalue weighted by Gasteiger charge is 2.29. The molecule has 7 nitrogen and oxygen atoms in total. The van der Waals surface area contributed by atoms with E-state index in [1.807, 2.05) is 12.1 Å². The minimum atomic E-state index is -3.89. The van der Waals surface area contributed by atoms with Gasteiger partial charge in [-0.3, -0.25) is 4.31 Å². The van der Waals surface area contributed by atoms with Gasteiger partial charge in [0.05, 0.1) is 18.6 Å². The van der Waals surface area contributed by atoms with Gasteiger partial charge in [-0.25, -0.2) is 21.6 Å². The molecule has 9 heteroatoms. The number of nitrogens with one attached hydrogen (secondary N) is 1. The van der Waals surface area contributed by atoms with Crippen LogP contribution in [0.2, 0.25) is 0 Å². The summed E-state index contributed by atoms with van der Waals surface area (Å²) in [5, 5.41) is 0. The van der Waals surface area contributed by atoms with Gasteiger partial charge in [-0.05, 0) is 42.7 Å². The van der Waals surface area contributed by atoms with Crippen molar-refractivity contribution in [2.75, 3.05) is 30.3 Å². The Morgan fingerprint density at radius 3 is 2.59 bits per heavy atom. The van der Waals surface area contributed by atoms with Gasteiger partial charge in [-0.2, -0.15) is 0 Å². The van der Waals surface area contributed by atoms with Gasteiger partial charge in [0.1, 0.15) is 10.6 Å². The van der Waals surface area contributed by atoms with Gasteiger partial charge < -0.3 is 4.74 Å². The third-order valence-corrected chi connectivity index (χ3v) is 7.69. The maximum absolute atomic E-state index is 12.7. The highest BCUT2D eigenvalue weighted by atomic mass is 32.2. The molecule has 0 aromatic heterocycles. The minimum absolute atomic E-state index is 0.00563. The molecular weight excluding hydrogens is 388 g/mol. The van der Waals surface area contributed by atoms with Gasteiger partial charge in [0.25, 0.3) is 0 Å². The number of benzene rings is 2. The van der Waals surface area contributed by atoms with Gasteiger partial charge in [-0.15, -0.1) is 0 Å². The zero-order valence-electron chi connectivity index (χ0n) is 15.2. The summed E-state index contributed by atoms with van der Waals surface area (Å²) < 4.78 is 59.3. The number of sulfonamides is 2. The Labute approximate surface area is 160 Å². The Morgan fingerprint density at radius 1 is 1.11 bits per heavy atom. The molecule has 0 atom stereocenters. The average molecular weight is 411 g/mol. The number of aryl methyl sites for hydroxylation is 1. The predicted molar refractivity (Wildman–Crippen MR) is 104 cm³/mol. The summed E-state index contributed by atoms with van der Waals surface area (Å²) in [6.07, 6.45) is 0.654. The number of rotatable bonds is 7. The van der Waals surface area contributed by atoms with E-state index >= 15 is 0 Å². The highest BCUT2D eigenvalue weighted by molar-refractivity contribution is 7.93. The maximum Gasteiger partial charge on any atom is 0.244 e. The van der Waals surface area contributed by atoms with Crippen LogP contribution in [0.1, 0.15) is 11.1 Å². The third kappa shape index (κ3) is 4.10. The Kier molecular flexibility index (Phi) is 5.45. The molecule has 0 amide bonds. The second-order valence-electron chi connectivity index (χ2n) is 6.32. The van der Waals surface area contributed by atoms with Crippen molar-refractivity contribution in [2.45, 2.75) is 18.2 Å². The molecule has 0 spiro atoms. The van der Waals surface area contributed by atoms with Crippen LogP contribution in [-0.2, 0) is 26.5 Å². The summed E-state index contributed by atoms with van der Waals surface area (Å²) in [5.41, 5.74) is 2.41. The van der Waals surface area contributed by atoms with Crippen molar-refractivity contribution in [3.05, 3.63) is 53.6 Å². The lowest BCUT2D eigenvalue weighted by Crippen LogP contribution is -2.37. The van der Waals surface area contributed by atoms with Crippen LogP contribution in [0.15, 0.2) is 47.4 Å². The maximum atomic E-state index is 12.7. The first kappa shape index (κ1) is 19.7. The monoisotopic (exact) mass is 410 g/mol. The number of ether oxygens (including phenoxy) is 1. The number of hydrogen-bond acceptors (Lipinski definition) is 5. The van der Waals surface area contributed by atoms with Crippen molar-refractivity contribution in [1.29, 1.82) is 0 Å². The summed E-state index contributed by atoms with van der Waals surface area (Å²) in [6, 6.07) is 12.1. The normalized spacial score (nSPS) is 14.2. The molecule has 2 aromatic carbocycles.